The van der Waals surface area contributed by atoms with Gasteiger partial charge in [-0.25, -0.2) is 17.2 Å². The lowest BCUT2D eigenvalue weighted by Gasteiger charge is -2.31. The van der Waals surface area contributed by atoms with Gasteiger partial charge in [0.05, 0.1) is 11.9 Å². The smallest absolute Gasteiger partial charge is 0.242 e. The number of amides is 2. The number of anilines is 1. The van der Waals surface area contributed by atoms with Crippen LogP contribution in [0.4, 0.5) is 14.5 Å². The fourth-order valence-corrected chi connectivity index (χ4v) is 4.82. The van der Waals surface area contributed by atoms with E-state index in [4.69, 9.17) is 11.6 Å². The molecule has 0 saturated heterocycles. The van der Waals surface area contributed by atoms with E-state index in [-0.39, 0.29) is 43.4 Å². The van der Waals surface area contributed by atoms with Crippen LogP contribution in [0.1, 0.15) is 38.7 Å². The van der Waals surface area contributed by atoms with Crippen LogP contribution in [0.3, 0.4) is 0 Å². The average Bonchev–Trinajstić information content (AvgIpc) is 2.79. The van der Waals surface area contributed by atoms with E-state index in [0.29, 0.717) is 23.6 Å². The lowest BCUT2D eigenvalue weighted by molar-refractivity contribution is -0.141. The molecular weight excluding hydrogens is 500 g/mol. The van der Waals surface area contributed by atoms with Crippen molar-refractivity contribution in [3.63, 3.8) is 0 Å². The Morgan fingerprint density at radius 1 is 1.09 bits per heavy atom. The molecule has 0 unspecified atom stereocenters. The molecule has 0 heterocycles. The van der Waals surface area contributed by atoms with E-state index >= 15 is 0 Å². The van der Waals surface area contributed by atoms with E-state index < -0.39 is 27.7 Å². The van der Waals surface area contributed by atoms with Crippen molar-refractivity contribution in [2.45, 2.75) is 45.7 Å². The summed E-state index contributed by atoms with van der Waals surface area (Å²) in [5, 5.41) is 3.19. The van der Waals surface area contributed by atoms with Gasteiger partial charge in [-0.1, -0.05) is 36.7 Å². The van der Waals surface area contributed by atoms with Crippen LogP contribution in [-0.4, -0.2) is 50.5 Å². The van der Waals surface area contributed by atoms with Crippen molar-refractivity contribution in [3.8, 4) is 0 Å². The monoisotopic (exact) mass is 529 g/mol. The molecule has 1 atom stereocenters. The molecule has 11 heteroatoms. The van der Waals surface area contributed by atoms with Crippen molar-refractivity contribution < 1.29 is 26.8 Å². The van der Waals surface area contributed by atoms with Gasteiger partial charge in [-0.05, 0) is 43.5 Å². The zero-order valence-electron chi connectivity index (χ0n) is 19.9. The Morgan fingerprint density at radius 2 is 1.77 bits per heavy atom. The molecule has 7 nitrogen and oxygen atoms in total. The lowest BCUT2D eigenvalue weighted by Crippen LogP contribution is -2.49. The predicted octanol–water partition coefficient (Wildman–Crippen LogP) is 4.11. The van der Waals surface area contributed by atoms with Gasteiger partial charge in [-0.3, -0.25) is 13.9 Å². The second kappa shape index (κ2) is 12.8. The number of rotatable bonds is 12. The standard InChI is InChI=1S/C24H30ClF2N3O4S/c1-4-22(24(32)28-5-2)29(16-17-9-6-7-10-19(17)25)23(31)11-8-14-30(35(3,33)34)18-12-13-20(26)21(27)15-18/h6-7,9-10,12-13,15,22H,4-5,8,11,14,16H2,1-3H3,(H,28,32)/t22-/m0/s1. The van der Waals surface area contributed by atoms with E-state index in [1.54, 1.807) is 38.1 Å². The summed E-state index contributed by atoms with van der Waals surface area (Å²) in [5.41, 5.74) is 0.630. The number of nitrogens with zero attached hydrogens (tertiary/aromatic N) is 2. The molecule has 0 aromatic heterocycles. The third-order valence-corrected chi connectivity index (χ3v) is 6.94. The minimum Gasteiger partial charge on any atom is -0.355 e. The van der Waals surface area contributed by atoms with Gasteiger partial charge < -0.3 is 10.2 Å². The van der Waals surface area contributed by atoms with E-state index in [2.05, 4.69) is 5.32 Å². The van der Waals surface area contributed by atoms with E-state index in [1.165, 1.54) is 4.90 Å². The Kier molecular flexibility index (Phi) is 10.5. The molecule has 0 spiro atoms. The summed E-state index contributed by atoms with van der Waals surface area (Å²) >= 11 is 6.28. The number of hydrogen-bond acceptors (Lipinski definition) is 4. The zero-order chi connectivity index (χ0) is 26.2. The minimum atomic E-state index is -3.82. The summed E-state index contributed by atoms with van der Waals surface area (Å²) in [7, 11) is -3.82. The van der Waals surface area contributed by atoms with Gasteiger partial charge in [0.25, 0.3) is 0 Å². The highest BCUT2D eigenvalue weighted by Gasteiger charge is 2.29. The molecule has 0 aliphatic carbocycles. The molecule has 2 amide bonds. The first-order valence-corrected chi connectivity index (χ1v) is 13.5. The number of likely N-dealkylation sites (N-methyl/N-ethyl adjacent to an activating group) is 1. The number of halogens is 3. The summed E-state index contributed by atoms with van der Waals surface area (Å²) < 4.78 is 52.5. The van der Waals surface area contributed by atoms with Crippen LogP contribution in [0.15, 0.2) is 42.5 Å². The van der Waals surface area contributed by atoms with Crippen LogP contribution in [0.25, 0.3) is 0 Å². The van der Waals surface area contributed by atoms with Gasteiger partial charge in [-0.15, -0.1) is 0 Å². The maximum atomic E-state index is 13.7. The predicted molar refractivity (Wildman–Crippen MR) is 133 cm³/mol. The number of benzene rings is 2. The molecule has 0 saturated carbocycles. The van der Waals surface area contributed by atoms with Crippen LogP contribution < -0.4 is 9.62 Å². The number of carbonyl (C=O) groups is 2. The molecule has 0 bridgehead atoms. The summed E-state index contributed by atoms with van der Waals surface area (Å²) in [4.78, 5) is 27.4. The highest BCUT2D eigenvalue weighted by molar-refractivity contribution is 7.92. The Labute approximate surface area is 210 Å². The minimum absolute atomic E-state index is 0.0412. The molecule has 35 heavy (non-hydrogen) atoms. The molecule has 0 aliphatic rings. The van der Waals surface area contributed by atoms with Crippen molar-refractivity contribution in [2.24, 2.45) is 0 Å². The maximum absolute atomic E-state index is 13.7. The maximum Gasteiger partial charge on any atom is 0.242 e. The van der Waals surface area contributed by atoms with Crippen molar-refractivity contribution >= 4 is 39.1 Å². The van der Waals surface area contributed by atoms with Gasteiger partial charge in [0.1, 0.15) is 6.04 Å². The Morgan fingerprint density at radius 3 is 2.34 bits per heavy atom. The molecule has 0 fully saturated rings. The number of hydrogen-bond donors (Lipinski definition) is 1. The van der Waals surface area contributed by atoms with E-state index in [1.807, 2.05) is 0 Å². The van der Waals surface area contributed by atoms with E-state index in [9.17, 15) is 26.8 Å². The quantitative estimate of drug-likeness (QED) is 0.448. The Hall–Kier alpha value is -2.72. The summed E-state index contributed by atoms with van der Waals surface area (Å²) in [6, 6.07) is 9.06. The first-order chi connectivity index (χ1) is 16.5. The van der Waals surface area contributed by atoms with Gasteiger partial charge in [0, 0.05) is 37.1 Å². The van der Waals surface area contributed by atoms with Crippen LogP contribution in [0.5, 0.6) is 0 Å². The zero-order valence-corrected chi connectivity index (χ0v) is 21.5. The van der Waals surface area contributed by atoms with Crippen molar-refractivity contribution in [2.75, 3.05) is 23.7 Å². The largest absolute Gasteiger partial charge is 0.355 e. The SMILES string of the molecule is CCNC(=O)[C@H](CC)N(Cc1ccccc1Cl)C(=O)CCCN(c1ccc(F)c(F)c1)S(C)(=O)=O. The number of sulfonamides is 1. The molecule has 0 radical (unpaired) electrons. The normalized spacial score (nSPS) is 12.2. The lowest BCUT2D eigenvalue weighted by atomic mass is 10.1. The third kappa shape index (κ3) is 7.90. The van der Waals surface area contributed by atoms with Crippen LogP contribution in [0, 0.1) is 11.6 Å². The second-order valence-corrected chi connectivity index (χ2v) is 10.3. The Bertz CT molecular complexity index is 1150. The number of nitrogens with one attached hydrogen (secondary N) is 1. The second-order valence-electron chi connectivity index (χ2n) is 7.97. The molecule has 0 aliphatic heterocycles. The fourth-order valence-electron chi connectivity index (χ4n) is 3.67. The van der Waals surface area contributed by atoms with Crippen LogP contribution >= 0.6 is 11.6 Å². The van der Waals surface area contributed by atoms with Gasteiger partial charge >= 0.3 is 0 Å². The Balaban J connectivity index is 2.23. The number of carbonyl (C=O) groups excluding carboxylic acids is 2. The van der Waals surface area contributed by atoms with Crippen molar-refractivity contribution in [3.05, 3.63) is 64.7 Å². The van der Waals surface area contributed by atoms with Gasteiger partial charge in [0.2, 0.25) is 21.8 Å². The molecule has 192 valence electrons. The molecular formula is C24H30ClF2N3O4S. The molecule has 2 aromatic rings. The topological polar surface area (TPSA) is 86.8 Å². The molecule has 2 aromatic carbocycles. The summed E-state index contributed by atoms with van der Waals surface area (Å²) in [6.07, 6.45) is 1.33. The molecule has 2 rings (SSSR count). The fraction of sp³-hybridized carbons (Fsp3) is 0.417. The summed E-state index contributed by atoms with van der Waals surface area (Å²) in [5.74, 6) is -2.92. The third-order valence-electron chi connectivity index (χ3n) is 5.38. The summed E-state index contributed by atoms with van der Waals surface area (Å²) in [6.45, 7) is 3.95. The van der Waals surface area contributed by atoms with Crippen molar-refractivity contribution in [1.29, 1.82) is 0 Å². The van der Waals surface area contributed by atoms with Crippen LogP contribution in [0.2, 0.25) is 5.02 Å². The van der Waals surface area contributed by atoms with E-state index in [0.717, 1.165) is 28.8 Å². The first kappa shape index (κ1) is 28.5. The van der Waals surface area contributed by atoms with Crippen molar-refractivity contribution in [1.82, 2.24) is 10.2 Å². The van der Waals surface area contributed by atoms with Gasteiger partial charge in [-0.2, -0.15) is 0 Å². The first-order valence-electron chi connectivity index (χ1n) is 11.2. The van der Waals surface area contributed by atoms with Gasteiger partial charge in [0.15, 0.2) is 11.6 Å². The highest BCUT2D eigenvalue weighted by Crippen LogP contribution is 2.23. The van der Waals surface area contributed by atoms with Crippen LogP contribution in [-0.2, 0) is 26.2 Å². The average molecular weight is 530 g/mol. The molecule has 1 N–H and O–H groups in total. The highest BCUT2D eigenvalue weighted by atomic mass is 35.5.